The van der Waals surface area contributed by atoms with Crippen LogP contribution in [0.4, 0.5) is 8.78 Å². The maximum absolute atomic E-state index is 13.4. The third-order valence-corrected chi connectivity index (χ3v) is 2.95. The summed E-state index contributed by atoms with van der Waals surface area (Å²) in [6.45, 7) is 2.24. The Hall–Kier alpha value is -0.710. The van der Waals surface area contributed by atoms with Gasteiger partial charge in [0.05, 0.1) is 0 Å². The topological polar surface area (TPSA) is 29.3 Å². The van der Waals surface area contributed by atoms with Gasteiger partial charge in [-0.1, -0.05) is 6.07 Å². The number of nitrogens with two attached hydrogens (primary N) is 1. The highest BCUT2D eigenvalue weighted by molar-refractivity contribution is 5.85. The fourth-order valence-electron chi connectivity index (χ4n) is 2.13. The van der Waals surface area contributed by atoms with Crippen LogP contribution in [0.1, 0.15) is 18.4 Å². The molecule has 1 atom stereocenters. The van der Waals surface area contributed by atoms with Crippen molar-refractivity contribution in [1.29, 1.82) is 0 Å². The number of hydrogen-bond donors (Lipinski definition) is 1. The Kier molecular flexibility index (Phi) is 5.31. The Morgan fingerprint density at radius 1 is 1.35 bits per heavy atom. The van der Waals surface area contributed by atoms with E-state index in [9.17, 15) is 8.78 Å². The lowest BCUT2D eigenvalue weighted by Crippen LogP contribution is -2.42. The van der Waals surface area contributed by atoms with Crippen LogP contribution in [-0.4, -0.2) is 24.0 Å². The van der Waals surface area contributed by atoms with Gasteiger partial charge >= 0.3 is 0 Å². The first-order valence-electron chi connectivity index (χ1n) is 5.57. The summed E-state index contributed by atoms with van der Waals surface area (Å²) < 4.78 is 26.1. The molecule has 0 bridgehead atoms. The second-order valence-electron chi connectivity index (χ2n) is 4.37. The summed E-state index contributed by atoms with van der Waals surface area (Å²) in [4.78, 5) is 2.12. The zero-order chi connectivity index (χ0) is 11.5. The highest BCUT2D eigenvalue weighted by atomic mass is 35.5. The van der Waals surface area contributed by atoms with E-state index < -0.39 is 11.6 Å². The molecule has 1 fully saturated rings. The lowest BCUT2D eigenvalue weighted by atomic mass is 10.1. The van der Waals surface area contributed by atoms with Gasteiger partial charge in [-0.05, 0) is 25.5 Å². The van der Waals surface area contributed by atoms with Crippen LogP contribution in [0.3, 0.4) is 0 Å². The molecule has 96 valence electrons. The van der Waals surface area contributed by atoms with Gasteiger partial charge in [-0.15, -0.1) is 12.4 Å². The van der Waals surface area contributed by atoms with E-state index in [-0.39, 0.29) is 18.4 Å². The van der Waals surface area contributed by atoms with Crippen LogP contribution in [0, 0.1) is 11.6 Å². The molecule has 5 heteroatoms. The fraction of sp³-hybridized carbons (Fsp3) is 0.500. The third kappa shape index (κ3) is 3.91. The first-order valence-corrected chi connectivity index (χ1v) is 5.57. The van der Waals surface area contributed by atoms with E-state index in [4.69, 9.17) is 5.73 Å². The van der Waals surface area contributed by atoms with Crippen molar-refractivity contribution in [2.75, 3.05) is 13.1 Å². The maximum Gasteiger partial charge on any atom is 0.130 e. The summed E-state index contributed by atoms with van der Waals surface area (Å²) in [5.74, 6) is -1.00. The number of rotatable bonds is 2. The SMILES string of the molecule is Cl.NC1CCCN(Cc2ccc(F)cc2F)C1. The van der Waals surface area contributed by atoms with Crippen molar-refractivity contribution in [3.8, 4) is 0 Å². The molecule has 0 aromatic heterocycles. The summed E-state index contributed by atoms with van der Waals surface area (Å²) >= 11 is 0. The molecule has 2 nitrogen and oxygen atoms in total. The molecule has 1 heterocycles. The molecule has 1 aliphatic rings. The molecule has 1 aromatic carbocycles. The Bertz CT molecular complexity index is 374. The fourth-order valence-corrected chi connectivity index (χ4v) is 2.13. The van der Waals surface area contributed by atoms with Crippen molar-refractivity contribution in [1.82, 2.24) is 4.90 Å². The molecule has 17 heavy (non-hydrogen) atoms. The van der Waals surface area contributed by atoms with Crippen LogP contribution in [0.5, 0.6) is 0 Å². The summed E-state index contributed by atoms with van der Waals surface area (Å²) in [6, 6.07) is 3.91. The van der Waals surface area contributed by atoms with Gasteiger partial charge in [0.15, 0.2) is 0 Å². The third-order valence-electron chi connectivity index (χ3n) is 2.95. The lowest BCUT2D eigenvalue weighted by Gasteiger charge is -2.30. The zero-order valence-corrected chi connectivity index (χ0v) is 10.4. The molecule has 1 saturated heterocycles. The molecule has 0 saturated carbocycles. The molecule has 0 spiro atoms. The van der Waals surface area contributed by atoms with Gasteiger partial charge in [0.25, 0.3) is 0 Å². The first-order chi connectivity index (χ1) is 7.65. The van der Waals surface area contributed by atoms with E-state index in [0.717, 1.165) is 32.0 Å². The van der Waals surface area contributed by atoms with Crippen LogP contribution >= 0.6 is 12.4 Å². The average Bonchev–Trinajstić information content (AvgIpc) is 2.22. The van der Waals surface area contributed by atoms with Crippen LogP contribution in [0.25, 0.3) is 0 Å². The molecule has 0 amide bonds. The predicted octanol–water partition coefficient (Wildman–Crippen LogP) is 2.31. The van der Waals surface area contributed by atoms with Gasteiger partial charge in [-0.2, -0.15) is 0 Å². The Morgan fingerprint density at radius 2 is 2.12 bits per heavy atom. The van der Waals surface area contributed by atoms with Crippen molar-refractivity contribution in [2.24, 2.45) is 5.73 Å². The highest BCUT2D eigenvalue weighted by Crippen LogP contribution is 2.15. The quantitative estimate of drug-likeness (QED) is 0.886. The van der Waals surface area contributed by atoms with Crippen molar-refractivity contribution >= 4 is 12.4 Å². The van der Waals surface area contributed by atoms with Gasteiger partial charge < -0.3 is 5.73 Å². The second kappa shape index (κ2) is 6.28. The largest absolute Gasteiger partial charge is 0.327 e. The predicted molar refractivity (Wildman–Crippen MR) is 66.1 cm³/mol. The molecule has 0 radical (unpaired) electrons. The number of nitrogens with zero attached hydrogens (tertiary/aromatic N) is 1. The van der Waals surface area contributed by atoms with E-state index in [2.05, 4.69) is 4.90 Å². The van der Waals surface area contributed by atoms with Gasteiger partial charge in [0.2, 0.25) is 0 Å². The zero-order valence-electron chi connectivity index (χ0n) is 9.53. The number of benzene rings is 1. The number of piperidine rings is 1. The minimum Gasteiger partial charge on any atom is -0.327 e. The molecule has 2 N–H and O–H groups in total. The monoisotopic (exact) mass is 262 g/mol. The minimum absolute atomic E-state index is 0. The molecule has 1 aliphatic heterocycles. The molecule has 1 aromatic rings. The van der Waals surface area contributed by atoms with E-state index in [1.165, 1.54) is 12.1 Å². The minimum atomic E-state index is -0.531. The molecular formula is C12H17ClF2N2. The summed E-state index contributed by atoms with van der Waals surface area (Å²) in [5, 5.41) is 0. The molecule has 0 aliphatic carbocycles. The molecule has 1 unspecified atom stereocenters. The normalized spacial score (nSPS) is 21.0. The molecule has 2 rings (SSSR count). The summed E-state index contributed by atoms with van der Waals surface area (Å²) in [7, 11) is 0. The van der Waals surface area contributed by atoms with Gasteiger partial charge in [0, 0.05) is 30.8 Å². The van der Waals surface area contributed by atoms with Crippen molar-refractivity contribution < 1.29 is 8.78 Å². The van der Waals surface area contributed by atoms with Crippen LogP contribution in [0.2, 0.25) is 0 Å². The van der Waals surface area contributed by atoms with Crippen LogP contribution in [0.15, 0.2) is 18.2 Å². The molecular weight excluding hydrogens is 246 g/mol. The van der Waals surface area contributed by atoms with Crippen LogP contribution < -0.4 is 5.73 Å². The van der Waals surface area contributed by atoms with Crippen molar-refractivity contribution in [2.45, 2.75) is 25.4 Å². The highest BCUT2D eigenvalue weighted by Gasteiger charge is 2.17. The summed E-state index contributed by atoms with van der Waals surface area (Å²) in [5.41, 5.74) is 6.38. The second-order valence-corrected chi connectivity index (χ2v) is 4.37. The van der Waals surface area contributed by atoms with Gasteiger partial charge in [0.1, 0.15) is 11.6 Å². The summed E-state index contributed by atoms with van der Waals surface area (Å²) in [6.07, 6.45) is 2.08. The number of halogens is 3. The number of hydrogen-bond acceptors (Lipinski definition) is 2. The van der Waals surface area contributed by atoms with Crippen molar-refractivity contribution in [3.05, 3.63) is 35.4 Å². The van der Waals surface area contributed by atoms with E-state index in [1.54, 1.807) is 0 Å². The van der Waals surface area contributed by atoms with E-state index in [1.807, 2.05) is 0 Å². The first kappa shape index (κ1) is 14.4. The Balaban J connectivity index is 0.00000144. The number of likely N-dealkylation sites (tertiary alicyclic amines) is 1. The van der Waals surface area contributed by atoms with Gasteiger partial charge in [-0.3, -0.25) is 4.90 Å². The van der Waals surface area contributed by atoms with Crippen molar-refractivity contribution in [3.63, 3.8) is 0 Å². The average molecular weight is 263 g/mol. The lowest BCUT2D eigenvalue weighted by molar-refractivity contribution is 0.199. The van der Waals surface area contributed by atoms with E-state index >= 15 is 0 Å². The Morgan fingerprint density at radius 3 is 2.76 bits per heavy atom. The van der Waals surface area contributed by atoms with Crippen LogP contribution in [-0.2, 0) is 6.54 Å². The Labute approximate surface area is 106 Å². The smallest absolute Gasteiger partial charge is 0.130 e. The maximum atomic E-state index is 13.4. The van der Waals surface area contributed by atoms with E-state index in [0.29, 0.717) is 12.1 Å². The standard InChI is InChI=1S/C12H16F2N2.ClH/c13-10-4-3-9(12(14)6-10)7-16-5-1-2-11(15)8-16;/h3-4,6,11H,1-2,5,7-8,15H2;1H. The van der Waals surface area contributed by atoms with Gasteiger partial charge in [-0.25, -0.2) is 8.78 Å².